The van der Waals surface area contributed by atoms with Gasteiger partial charge in [0.25, 0.3) is 11.2 Å². The first kappa shape index (κ1) is 24.3. The molecule has 184 valence electrons. The minimum absolute atomic E-state index is 0.0235. The van der Waals surface area contributed by atoms with Gasteiger partial charge in [0.1, 0.15) is 17.4 Å². The third kappa shape index (κ3) is 4.34. The van der Waals surface area contributed by atoms with Gasteiger partial charge in [0.05, 0.1) is 30.6 Å². The fourth-order valence-electron chi connectivity index (χ4n) is 4.39. The summed E-state index contributed by atoms with van der Waals surface area (Å²) in [6, 6.07) is 15.1. The Kier molecular flexibility index (Phi) is 6.65. The van der Waals surface area contributed by atoms with Gasteiger partial charge in [0.15, 0.2) is 11.5 Å². The lowest BCUT2D eigenvalue weighted by molar-refractivity contribution is -0.384. The molecular formula is C26H24N4O6. The van der Waals surface area contributed by atoms with Gasteiger partial charge in [-0.15, -0.1) is 0 Å². The van der Waals surface area contributed by atoms with E-state index in [1.165, 1.54) is 18.2 Å². The second-order valence-corrected chi connectivity index (χ2v) is 8.24. The molecule has 2 aromatic carbocycles. The van der Waals surface area contributed by atoms with Gasteiger partial charge in [-0.3, -0.25) is 14.9 Å². The summed E-state index contributed by atoms with van der Waals surface area (Å²) in [5, 5.41) is 21.2. The zero-order valence-electron chi connectivity index (χ0n) is 20.0. The molecule has 0 aliphatic carbocycles. The molecule has 0 unspecified atom stereocenters. The molecule has 0 amide bonds. The number of nitro benzene ring substituents is 1. The maximum absolute atomic E-state index is 13.8. The lowest BCUT2D eigenvalue weighted by Crippen LogP contribution is -2.33. The van der Waals surface area contributed by atoms with Crippen molar-refractivity contribution in [3.63, 3.8) is 0 Å². The summed E-state index contributed by atoms with van der Waals surface area (Å²) in [5.74, 6) is 0.381. The van der Waals surface area contributed by atoms with Crippen molar-refractivity contribution in [3.8, 4) is 23.3 Å². The Morgan fingerprint density at radius 3 is 2.58 bits per heavy atom. The number of hydrogen-bond donors (Lipinski definition) is 1. The highest BCUT2D eigenvalue weighted by molar-refractivity contribution is 5.56. The van der Waals surface area contributed by atoms with E-state index >= 15 is 0 Å². The Bertz CT molecular complexity index is 1480. The highest BCUT2D eigenvalue weighted by Gasteiger charge is 2.35. The van der Waals surface area contributed by atoms with Gasteiger partial charge in [-0.25, -0.2) is 0 Å². The quantitative estimate of drug-likeness (QED) is 0.393. The Labute approximate surface area is 206 Å². The maximum atomic E-state index is 13.8. The third-order valence-electron chi connectivity index (χ3n) is 6.18. The minimum Gasteiger partial charge on any atom is -0.493 e. The summed E-state index contributed by atoms with van der Waals surface area (Å²) in [4.78, 5) is 24.6. The number of methoxy groups -OCH3 is 2. The van der Waals surface area contributed by atoms with Crippen LogP contribution in [0.15, 0.2) is 64.8 Å². The van der Waals surface area contributed by atoms with Crippen molar-refractivity contribution in [3.05, 3.63) is 103 Å². The second-order valence-electron chi connectivity index (χ2n) is 8.24. The maximum Gasteiger partial charge on any atom is 0.269 e. The average Bonchev–Trinajstić information content (AvgIpc) is 2.87. The van der Waals surface area contributed by atoms with E-state index in [9.17, 15) is 20.2 Å². The largest absolute Gasteiger partial charge is 0.493 e. The number of ether oxygens (including phenoxy) is 3. The SMILES string of the molecule is COc1ccc(CCn2c(C)cc3c(c2=O)[C@@H](c2cccc([N+](=O)[O-])c2)C(C#N)=C(N)O3)cc1OC. The first-order valence-electron chi connectivity index (χ1n) is 11.1. The number of fused-ring (bicyclic) bond motifs is 1. The molecule has 0 bridgehead atoms. The van der Waals surface area contributed by atoms with Gasteiger partial charge in [-0.1, -0.05) is 18.2 Å². The van der Waals surface area contributed by atoms with Crippen LogP contribution in [0.25, 0.3) is 0 Å². The number of hydrogen-bond acceptors (Lipinski definition) is 8. The van der Waals surface area contributed by atoms with Crippen LogP contribution in [-0.2, 0) is 13.0 Å². The number of nitrogens with two attached hydrogens (primary N) is 1. The van der Waals surface area contributed by atoms with Crippen LogP contribution in [0.4, 0.5) is 5.69 Å². The lowest BCUT2D eigenvalue weighted by atomic mass is 9.84. The fraction of sp³-hybridized carbons (Fsp3) is 0.231. The zero-order valence-corrected chi connectivity index (χ0v) is 20.0. The molecule has 1 aliphatic heterocycles. The van der Waals surface area contributed by atoms with Crippen LogP contribution >= 0.6 is 0 Å². The molecule has 2 N–H and O–H groups in total. The standard InChI is InChI=1S/C26H24N4O6/c1-15-11-22-24(26(31)29(15)10-9-16-7-8-20(34-2)21(12-16)35-3)23(19(14-27)25(28)36-22)17-5-4-6-18(13-17)30(32)33/h4-8,11-13,23H,9-10,28H2,1-3H3/t23-/m0/s1. The topological polar surface area (TPSA) is 143 Å². The first-order chi connectivity index (χ1) is 17.3. The molecular weight excluding hydrogens is 464 g/mol. The molecule has 0 spiro atoms. The molecule has 3 aromatic rings. The van der Waals surface area contributed by atoms with Crippen molar-refractivity contribution in [1.29, 1.82) is 5.26 Å². The lowest BCUT2D eigenvalue weighted by Gasteiger charge is -2.27. The average molecular weight is 489 g/mol. The Balaban J connectivity index is 1.79. The number of allylic oxidation sites excluding steroid dienone is 1. The Morgan fingerprint density at radius 2 is 1.92 bits per heavy atom. The van der Waals surface area contributed by atoms with E-state index in [-0.39, 0.29) is 34.0 Å². The minimum atomic E-state index is -0.904. The van der Waals surface area contributed by atoms with E-state index in [2.05, 4.69) is 0 Å². The van der Waals surface area contributed by atoms with Crippen LogP contribution in [0.5, 0.6) is 17.2 Å². The van der Waals surface area contributed by atoms with Crippen molar-refractivity contribution < 1.29 is 19.1 Å². The van der Waals surface area contributed by atoms with Gasteiger partial charge in [-0.05, 0) is 36.6 Å². The smallest absolute Gasteiger partial charge is 0.269 e. The first-order valence-corrected chi connectivity index (χ1v) is 11.1. The Morgan fingerprint density at radius 1 is 1.17 bits per heavy atom. The molecule has 4 rings (SSSR count). The normalized spacial score (nSPS) is 14.4. The zero-order chi connectivity index (χ0) is 26.0. The third-order valence-corrected chi connectivity index (χ3v) is 6.18. The van der Waals surface area contributed by atoms with Crippen molar-refractivity contribution in [2.45, 2.75) is 25.8 Å². The predicted octanol–water partition coefficient (Wildman–Crippen LogP) is 3.54. The van der Waals surface area contributed by atoms with Crippen molar-refractivity contribution in [1.82, 2.24) is 4.57 Å². The van der Waals surface area contributed by atoms with E-state index in [0.717, 1.165) is 5.56 Å². The molecule has 0 fully saturated rings. The van der Waals surface area contributed by atoms with Gasteiger partial charge >= 0.3 is 0 Å². The Hall–Kier alpha value is -4.78. The van der Waals surface area contributed by atoms with Crippen LogP contribution < -0.4 is 25.5 Å². The summed E-state index contributed by atoms with van der Waals surface area (Å²) in [6.45, 7) is 2.12. The molecule has 0 saturated heterocycles. The molecule has 10 heteroatoms. The van der Waals surface area contributed by atoms with E-state index in [1.54, 1.807) is 43.9 Å². The van der Waals surface area contributed by atoms with E-state index in [0.29, 0.717) is 35.7 Å². The van der Waals surface area contributed by atoms with Crippen LogP contribution in [-0.4, -0.2) is 23.7 Å². The van der Waals surface area contributed by atoms with Gasteiger partial charge in [-0.2, -0.15) is 5.26 Å². The van der Waals surface area contributed by atoms with Crippen molar-refractivity contribution in [2.24, 2.45) is 5.73 Å². The van der Waals surface area contributed by atoms with Gasteiger partial charge < -0.3 is 24.5 Å². The summed E-state index contributed by atoms with van der Waals surface area (Å²) in [7, 11) is 3.11. The highest BCUT2D eigenvalue weighted by Crippen LogP contribution is 2.41. The molecule has 0 radical (unpaired) electrons. The summed E-state index contributed by atoms with van der Waals surface area (Å²) >= 11 is 0. The number of nitro groups is 1. The summed E-state index contributed by atoms with van der Waals surface area (Å²) < 4.78 is 17.9. The van der Waals surface area contributed by atoms with Crippen LogP contribution in [0.3, 0.4) is 0 Å². The monoisotopic (exact) mass is 488 g/mol. The van der Waals surface area contributed by atoms with Crippen LogP contribution in [0, 0.1) is 28.4 Å². The summed E-state index contributed by atoms with van der Waals surface area (Å²) in [5.41, 5.74) is 7.72. The number of aromatic nitrogens is 1. The second kappa shape index (κ2) is 9.84. The number of benzene rings is 2. The number of nitriles is 1. The van der Waals surface area contributed by atoms with E-state index in [4.69, 9.17) is 19.9 Å². The van der Waals surface area contributed by atoms with Gasteiger partial charge in [0.2, 0.25) is 5.88 Å². The molecule has 0 saturated carbocycles. The van der Waals surface area contributed by atoms with Crippen molar-refractivity contribution >= 4 is 5.69 Å². The highest BCUT2D eigenvalue weighted by atomic mass is 16.6. The van der Waals surface area contributed by atoms with Gasteiger partial charge in [0, 0.05) is 30.4 Å². The number of non-ortho nitro benzene ring substituents is 1. The molecule has 1 aliphatic rings. The van der Waals surface area contributed by atoms with Crippen LogP contribution in [0.2, 0.25) is 0 Å². The number of nitrogens with zero attached hydrogens (tertiary/aromatic N) is 3. The van der Waals surface area contributed by atoms with Crippen LogP contribution in [0.1, 0.15) is 28.3 Å². The van der Waals surface area contributed by atoms with E-state index in [1.807, 2.05) is 18.2 Å². The molecule has 1 aromatic heterocycles. The van der Waals surface area contributed by atoms with E-state index < -0.39 is 10.8 Å². The molecule has 36 heavy (non-hydrogen) atoms. The molecule has 1 atom stereocenters. The molecule has 10 nitrogen and oxygen atoms in total. The number of pyridine rings is 1. The fourth-order valence-corrected chi connectivity index (χ4v) is 4.39. The number of rotatable bonds is 7. The summed E-state index contributed by atoms with van der Waals surface area (Å²) in [6.07, 6.45) is 0.519. The van der Waals surface area contributed by atoms with Crippen molar-refractivity contribution in [2.75, 3.05) is 14.2 Å². The molecule has 2 heterocycles. The predicted molar refractivity (Wildman–Crippen MR) is 131 cm³/mol. The number of aryl methyl sites for hydroxylation is 2.